The molecule has 0 spiro atoms. The second kappa shape index (κ2) is 11.2. The summed E-state index contributed by atoms with van der Waals surface area (Å²) in [5, 5.41) is 37.1. The Balaban J connectivity index is 2.14. The molecule has 1 unspecified atom stereocenters. The molecule has 0 aliphatic heterocycles. The van der Waals surface area contributed by atoms with Crippen LogP contribution in [0.15, 0.2) is 46.6 Å². The lowest BCUT2D eigenvalue weighted by Crippen LogP contribution is -2.27. The van der Waals surface area contributed by atoms with Crippen molar-refractivity contribution in [3.8, 4) is 12.1 Å². The van der Waals surface area contributed by atoms with Crippen molar-refractivity contribution < 1.29 is 14.5 Å². The molecule has 0 saturated carbocycles. The van der Waals surface area contributed by atoms with Crippen molar-refractivity contribution in [1.29, 1.82) is 10.5 Å². The Morgan fingerprint density at radius 1 is 1.22 bits per heavy atom. The van der Waals surface area contributed by atoms with Crippen LogP contribution in [0.3, 0.4) is 0 Å². The third-order valence-electron chi connectivity index (χ3n) is 4.58. The predicted molar refractivity (Wildman–Crippen MR) is 117 cm³/mol. The molecule has 2 aromatic rings. The van der Waals surface area contributed by atoms with Crippen LogP contribution < -0.4 is 4.90 Å². The molecule has 0 aromatic heterocycles. The van der Waals surface area contributed by atoms with Crippen LogP contribution in [0.25, 0.3) is 0 Å². The summed E-state index contributed by atoms with van der Waals surface area (Å²) in [6, 6.07) is 13.1. The number of nitriles is 2. The molecule has 2 rings (SSSR count). The van der Waals surface area contributed by atoms with Gasteiger partial charge in [0.2, 0.25) is 0 Å². The first-order valence-corrected chi connectivity index (χ1v) is 9.84. The highest BCUT2D eigenvalue weighted by molar-refractivity contribution is 5.71. The number of nitro groups is 1. The Hall–Kier alpha value is -4.31. The van der Waals surface area contributed by atoms with E-state index in [4.69, 9.17) is 10.00 Å². The second-order valence-corrected chi connectivity index (χ2v) is 6.83. The lowest BCUT2D eigenvalue weighted by molar-refractivity contribution is -0.384. The highest BCUT2D eigenvalue weighted by Gasteiger charge is 2.13. The number of anilines is 1. The fraction of sp³-hybridized carbons (Fsp3) is 0.318. The van der Waals surface area contributed by atoms with E-state index in [1.54, 1.807) is 6.07 Å². The van der Waals surface area contributed by atoms with Crippen molar-refractivity contribution in [3.63, 3.8) is 0 Å². The summed E-state index contributed by atoms with van der Waals surface area (Å²) in [5.41, 5.74) is 2.40. The lowest BCUT2D eigenvalue weighted by Gasteiger charge is -2.23. The fourth-order valence-electron chi connectivity index (χ4n) is 2.85. The number of azo groups is 1. The Morgan fingerprint density at radius 3 is 2.50 bits per heavy atom. The number of aryl methyl sites for hydroxylation is 1. The van der Waals surface area contributed by atoms with E-state index in [9.17, 15) is 20.2 Å². The summed E-state index contributed by atoms with van der Waals surface area (Å²) in [6.45, 7) is 6.43. The van der Waals surface area contributed by atoms with E-state index in [1.165, 1.54) is 19.1 Å². The molecule has 0 aliphatic carbocycles. The minimum Gasteiger partial charge on any atom is -0.447 e. The number of rotatable bonds is 9. The van der Waals surface area contributed by atoms with E-state index in [0.717, 1.165) is 17.3 Å². The predicted octanol–water partition coefficient (Wildman–Crippen LogP) is 4.86. The number of hydrogen-bond donors (Lipinski definition) is 0. The number of nitrogens with zero attached hydrogens (tertiary/aromatic N) is 6. The highest BCUT2D eigenvalue weighted by Crippen LogP contribution is 2.29. The molecule has 0 heterocycles. The standard InChI is InChI=1S/C22H22N6O4/c1-4-27(10-9-22(29)32-16(3)13-23)18-5-7-20(15(2)11-18)25-26-21-8-6-19(28(30)31)12-17(21)14-24/h5-8,11-12,16H,4,9-10H2,1-3H3. The summed E-state index contributed by atoms with van der Waals surface area (Å²) in [7, 11) is 0. The molecule has 10 nitrogen and oxygen atoms in total. The van der Waals surface area contributed by atoms with Gasteiger partial charge in [-0.25, -0.2) is 0 Å². The SMILES string of the molecule is CCN(CCC(=O)OC(C)C#N)c1ccc(N=Nc2ccc([N+](=O)[O-])cc2C#N)c(C)c1. The first kappa shape index (κ1) is 24.0. The van der Waals surface area contributed by atoms with Crippen molar-refractivity contribution in [1.82, 2.24) is 0 Å². The summed E-state index contributed by atoms with van der Waals surface area (Å²) < 4.78 is 4.97. The number of non-ortho nitro benzene ring substituents is 1. The van der Waals surface area contributed by atoms with E-state index >= 15 is 0 Å². The van der Waals surface area contributed by atoms with Crippen LogP contribution in [0, 0.1) is 39.7 Å². The summed E-state index contributed by atoms with van der Waals surface area (Å²) in [4.78, 5) is 24.1. The Morgan fingerprint density at radius 2 is 1.91 bits per heavy atom. The number of benzene rings is 2. The quantitative estimate of drug-likeness (QED) is 0.237. The second-order valence-electron chi connectivity index (χ2n) is 6.83. The number of esters is 1. The molecule has 0 bridgehead atoms. The van der Waals surface area contributed by atoms with Crippen molar-refractivity contribution in [2.45, 2.75) is 33.3 Å². The Bertz CT molecular complexity index is 1120. The summed E-state index contributed by atoms with van der Waals surface area (Å²) in [5.74, 6) is -0.434. The fourth-order valence-corrected chi connectivity index (χ4v) is 2.85. The average Bonchev–Trinajstić information content (AvgIpc) is 2.78. The average molecular weight is 434 g/mol. The number of hydrogen-bond acceptors (Lipinski definition) is 9. The molecule has 1 atom stereocenters. The molecule has 2 aromatic carbocycles. The smallest absolute Gasteiger partial charge is 0.308 e. The third kappa shape index (κ3) is 6.34. The third-order valence-corrected chi connectivity index (χ3v) is 4.58. The number of nitro benzene ring substituents is 1. The van der Waals surface area contributed by atoms with Crippen LogP contribution in [0.1, 0.15) is 31.4 Å². The Kier molecular flexibility index (Phi) is 8.37. The van der Waals surface area contributed by atoms with Gasteiger partial charge in [-0.15, -0.1) is 5.11 Å². The normalized spacial score (nSPS) is 11.4. The van der Waals surface area contributed by atoms with E-state index in [-0.39, 0.29) is 23.4 Å². The van der Waals surface area contributed by atoms with Crippen LogP contribution in [0.2, 0.25) is 0 Å². The van der Waals surface area contributed by atoms with Crippen LogP contribution in [0.4, 0.5) is 22.7 Å². The maximum absolute atomic E-state index is 11.8. The molecule has 0 fully saturated rings. The van der Waals surface area contributed by atoms with Gasteiger partial charge in [-0.1, -0.05) is 0 Å². The van der Waals surface area contributed by atoms with Crippen LogP contribution in [0.5, 0.6) is 0 Å². The first-order valence-electron chi connectivity index (χ1n) is 9.84. The van der Waals surface area contributed by atoms with E-state index < -0.39 is 17.0 Å². The molecule has 164 valence electrons. The number of carbonyl (C=O) groups is 1. The molecule has 0 radical (unpaired) electrons. The van der Waals surface area contributed by atoms with Gasteiger partial charge in [-0.05, 0) is 50.6 Å². The summed E-state index contributed by atoms with van der Waals surface area (Å²) in [6.07, 6.45) is -0.626. The van der Waals surface area contributed by atoms with Gasteiger partial charge in [-0.3, -0.25) is 14.9 Å². The largest absolute Gasteiger partial charge is 0.447 e. The van der Waals surface area contributed by atoms with Crippen molar-refractivity contribution in [3.05, 3.63) is 57.6 Å². The van der Waals surface area contributed by atoms with Crippen molar-refractivity contribution in [2.24, 2.45) is 10.2 Å². The van der Waals surface area contributed by atoms with E-state index in [1.807, 2.05) is 43.0 Å². The number of ether oxygens (including phenoxy) is 1. The lowest BCUT2D eigenvalue weighted by atomic mass is 10.1. The topological polar surface area (TPSA) is 145 Å². The van der Waals surface area contributed by atoms with Gasteiger partial charge >= 0.3 is 5.97 Å². The minimum atomic E-state index is -0.776. The van der Waals surface area contributed by atoms with Gasteiger partial charge in [0.05, 0.1) is 22.6 Å². The van der Waals surface area contributed by atoms with Crippen molar-refractivity contribution >= 4 is 28.7 Å². The zero-order chi connectivity index (χ0) is 23.7. The van der Waals surface area contributed by atoms with Gasteiger partial charge in [0, 0.05) is 30.9 Å². The van der Waals surface area contributed by atoms with Gasteiger partial charge in [0.25, 0.3) is 5.69 Å². The molecule has 0 amide bonds. The highest BCUT2D eigenvalue weighted by atomic mass is 16.6. The molecule has 32 heavy (non-hydrogen) atoms. The van der Waals surface area contributed by atoms with Gasteiger partial charge in [0.1, 0.15) is 17.8 Å². The zero-order valence-corrected chi connectivity index (χ0v) is 18.0. The van der Waals surface area contributed by atoms with Crippen LogP contribution in [-0.4, -0.2) is 30.1 Å². The van der Waals surface area contributed by atoms with Gasteiger partial charge < -0.3 is 9.64 Å². The van der Waals surface area contributed by atoms with Gasteiger partial charge in [-0.2, -0.15) is 15.6 Å². The van der Waals surface area contributed by atoms with Crippen LogP contribution >= 0.6 is 0 Å². The first-order chi connectivity index (χ1) is 15.3. The van der Waals surface area contributed by atoms with E-state index in [0.29, 0.717) is 18.8 Å². The maximum Gasteiger partial charge on any atom is 0.308 e. The zero-order valence-electron chi connectivity index (χ0n) is 18.0. The molecular weight excluding hydrogens is 412 g/mol. The maximum atomic E-state index is 11.8. The molecule has 10 heteroatoms. The molecule has 0 N–H and O–H groups in total. The Labute approximate surface area is 185 Å². The molecule has 0 aliphatic rings. The monoisotopic (exact) mass is 434 g/mol. The molecular formula is C22H22N6O4. The number of carbonyl (C=O) groups excluding carboxylic acids is 1. The van der Waals surface area contributed by atoms with E-state index in [2.05, 4.69) is 10.2 Å². The van der Waals surface area contributed by atoms with Crippen LogP contribution in [-0.2, 0) is 9.53 Å². The van der Waals surface area contributed by atoms with Crippen molar-refractivity contribution in [2.75, 3.05) is 18.0 Å². The minimum absolute atomic E-state index is 0.0620. The summed E-state index contributed by atoms with van der Waals surface area (Å²) >= 11 is 0. The molecule has 0 saturated heterocycles. The van der Waals surface area contributed by atoms with Gasteiger partial charge in [0.15, 0.2) is 6.10 Å².